The van der Waals surface area contributed by atoms with Crippen LogP contribution < -0.4 is 10.6 Å². The van der Waals surface area contributed by atoms with E-state index in [1.807, 2.05) is 14.0 Å². The van der Waals surface area contributed by atoms with Gasteiger partial charge in [-0.25, -0.2) is 0 Å². The Kier molecular flexibility index (Phi) is 11.0. The van der Waals surface area contributed by atoms with Crippen LogP contribution in [0.2, 0.25) is 0 Å². The predicted molar refractivity (Wildman–Crippen MR) is 78.4 cm³/mol. The lowest BCUT2D eigenvalue weighted by Crippen LogP contribution is -2.19. The zero-order valence-corrected chi connectivity index (χ0v) is 11.8. The van der Waals surface area contributed by atoms with Crippen molar-refractivity contribution in [1.29, 1.82) is 0 Å². The molecule has 0 radical (unpaired) electrons. The van der Waals surface area contributed by atoms with Crippen LogP contribution in [-0.2, 0) is 0 Å². The minimum atomic E-state index is 0.981. The average molecular weight is 236 g/mol. The maximum absolute atomic E-state index is 3.47. The van der Waals surface area contributed by atoms with Gasteiger partial charge in [0.15, 0.2) is 0 Å². The normalized spacial score (nSPS) is 13.6. The number of hydrogen-bond donors (Lipinski definition) is 2. The molecule has 17 heavy (non-hydrogen) atoms. The molecule has 0 rings (SSSR count). The van der Waals surface area contributed by atoms with E-state index in [1.54, 1.807) is 0 Å². The van der Waals surface area contributed by atoms with E-state index in [2.05, 4.69) is 48.8 Å². The van der Waals surface area contributed by atoms with Crippen LogP contribution in [0.25, 0.3) is 0 Å². The molecule has 2 N–H and O–H groups in total. The molecule has 0 aromatic rings. The van der Waals surface area contributed by atoms with Crippen molar-refractivity contribution >= 4 is 0 Å². The van der Waals surface area contributed by atoms with Gasteiger partial charge < -0.3 is 10.6 Å². The molecule has 0 aromatic carbocycles. The third-order valence-electron chi connectivity index (χ3n) is 2.54. The van der Waals surface area contributed by atoms with Crippen molar-refractivity contribution in [3.63, 3.8) is 0 Å². The summed E-state index contributed by atoms with van der Waals surface area (Å²) in [6.45, 7) is 9.49. The zero-order valence-electron chi connectivity index (χ0n) is 11.8. The lowest BCUT2D eigenvalue weighted by atomic mass is 10.1. The summed E-state index contributed by atoms with van der Waals surface area (Å²) in [5.41, 5.74) is 2.66. The van der Waals surface area contributed by atoms with E-state index in [1.165, 1.54) is 24.0 Å². The number of rotatable bonds is 9. The van der Waals surface area contributed by atoms with Crippen molar-refractivity contribution < 1.29 is 0 Å². The first-order valence-electron chi connectivity index (χ1n) is 6.56. The molecule has 0 aliphatic carbocycles. The van der Waals surface area contributed by atoms with Gasteiger partial charge >= 0.3 is 0 Å². The molecule has 0 aromatic heterocycles. The SMILES string of the molecule is C\C=C/C(=C\C)/C=C(\C)CNCCCCNC. The Bertz CT molecular complexity index is 262. The van der Waals surface area contributed by atoms with Gasteiger partial charge in [-0.05, 0) is 59.3 Å². The first kappa shape index (κ1) is 16.1. The summed E-state index contributed by atoms with van der Waals surface area (Å²) in [5.74, 6) is 0. The second kappa shape index (κ2) is 11.6. The third-order valence-corrected chi connectivity index (χ3v) is 2.54. The highest BCUT2D eigenvalue weighted by Gasteiger charge is 1.92. The summed E-state index contributed by atoms with van der Waals surface area (Å²) in [6, 6.07) is 0. The van der Waals surface area contributed by atoms with Crippen LogP contribution in [0.15, 0.2) is 35.5 Å². The molecule has 0 unspecified atom stereocenters. The molecule has 2 heteroatoms. The average Bonchev–Trinajstić information content (AvgIpc) is 2.33. The molecule has 0 amide bonds. The number of allylic oxidation sites excluding steroid dienone is 5. The minimum absolute atomic E-state index is 0.981. The standard InChI is InChI=1S/C15H28N2/c1-5-9-15(6-2)12-14(3)13-17-11-8-7-10-16-4/h5-6,9,12,16-17H,7-8,10-11,13H2,1-4H3/b9-5-,14-12+,15-6+. The molecular formula is C15H28N2. The van der Waals surface area contributed by atoms with E-state index >= 15 is 0 Å². The second-order valence-corrected chi connectivity index (χ2v) is 4.27. The van der Waals surface area contributed by atoms with Gasteiger partial charge in [-0.1, -0.05) is 29.9 Å². The Hall–Kier alpha value is -0.860. The number of hydrogen-bond acceptors (Lipinski definition) is 2. The molecule has 0 aliphatic heterocycles. The van der Waals surface area contributed by atoms with Gasteiger partial charge in [0.25, 0.3) is 0 Å². The molecule has 2 nitrogen and oxygen atoms in total. The van der Waals surface area contributed by atoms with E-state index in [-0.39, 0.29) is 0 Å². The molecule has 98 valence electrons. The van der Waals surface area contributed by atoms with E-state index in [4.69, 9.17) is 0 Å². The molecule has 0 atom stereocenters. The number of nitrogens with one attached hydrogen (secondary N) is 2. The third kappa shape index (κ3) is 10.0. The fourth-order valence-electron chi connectivity index (χ4n) is 1.59. The summed E-state index contributed by atoms with van der Waals surface area (Å²) >= 11 is 0. The summed E-state index contributed by atoms with van der Waals surface area (Å²) in [6.07, 6.45) is 11.1. The topological polar surface area (TPSA) is 24.1 Å². The smallest absolute Gasteiger partial charge is 0.0165 e. The largest absolute Gasteiger partial charge is 0.320 e. The van der Waals surface area contributed by atoms with Gasteiger partial charge in [0, 0.05) is 6.54 Å². The number of unbranched alkanes of at least 4 members (excludes halogenated alkanes) is 1. The van der Waals surface area contributed by atoms with Gasteiger partial charge in [0.1, 0.15) is 0 Å². The maximum Gasteiger partial charge on any atom is 0.0165 e. The highest BCUT2D eigenvalue weighted by molar-refractivity contribution is 5.32. The van der Waals surface area contributed by atoms with Gasteiger partial charge in [-0.3, -0.25) is 0 Å². The Balaban J connectivity index is 3.77. The zero-order chi connectivity index (χ0) is 12.9. The molecule has 0 aliphatic rings. The van der Waals surface area contributed by atoms with Crippen molar-refractivity contribution in [3.05, 3.63) is 35.5 Å². The highest BCUT2D eigenvalue weighted by atomic mass is 14.8. The summed E-state index contributed by atoms with van der Waals surface area (Å²) < 4.78 is 0. The van der Waals surface area contributed by atoms with Crippen molar-refractivity contribution in [2.75, 3.05) is 26.7 Å². The molecule has 0 saturated carbocycles. The van der Waals surface area contributed by atoms with Gasteiger partial charge in [0.2, 0.25) is 0 Å². The summed E-state index contributed by atoms with van der Waals surface area (Å²) in [7, 11) is 2.00. The fraction of sp³-hybridized carbons (Fsp3) is 0.600. The van der Waals surface area contributed by atoms with Crippen LogP contribution in [0.5, 0.6) is 0 Å². The van der Waals surface area contributed by atoms with Crippen LogP contribution in [0, 0.1) is 0 Å². The Morgan fingerprint density at radius 3 is 2.41 bits per heavy atom. The molecule has 0 spiro atoms. The van der Waals surface area contributed by atoms with Gasteiger partial charge in [-0.15, -0.1) is 0 Å². The highest BCUT2D eigenvalue weighted by Crippen LogP contribution is 2.03. The van der Waals surface area contributed by atoms with Crippen LogP contribution in [0.4, 0.5) is 0 Å². The quantitative estimate of drug-likeness (QED) is 0.475. The Morgan fingerprint density at radius 2 is 1.82 bits per heavy atom. The Morgan fingerprint density at radius 1 is 1.12 bits per heavy atom. The predicted octanol–water partition coefficient (Wildman–Crippen LogP) is 3.04. The van der Waals surface area contributed by atoms with E-state index in [0.717, 1.165) is 19.6 Å². The van der Waals surface area contributed by atoms with Crippen molar-refractivity contribution in [2.24, 2.45) is 0 Å². The first-order valence-corrected chi connectivity index (χ1v) is 6.56. The first-order chi connectivity index (χ1) is 8.24. The van der Waals surface area contributed by atoms with Crippen molar-refractivity contribution in [3.8, 4) is 0 Å². The summed E-state index contributed by atoms with van der Waals surface area (Å²) in [5, 5.41) is 6.63. The molecular weight excluding hydrogens is 208 g/mol. The minimum Gasteiger partial charge on any atom is -0.320 e. The van der Waals surface area contributed by atoms with Gasteiger partial charge in [-0.2, -0.15) is 0 Å². The summed E-state index contributed by atoms with van der Waals surface area (Å²) in [4.78, 5) is 0. The lowest BCUT2D eigenvalue weighted by molar-refractivity contribution is 0.624. The van der Waals surface area contributed by atoms with Crippen molar-refractivity contribution in [2.45, 2.75) is 33.6 Å². The fourth-order valence-corrected chi connectivity index (χ4v) is 1.59. The van der Waals surface area contributed by atoms with Gasteiger partial charge in [0.05, 0.1) is 0 Å². The Labute approximate surface area is 107 Å². The monoisotopic (exact) mass is 236 g/mol. The van der Waals surface area contributed by atoms with Crippen LogP contribution in [0.1, 0.15) is 33.6 Å². The molecule has 0 fully saturated rings. The second-order valence-electron chi connectivity index (χ2n) is 4.27. The van der Waals surface area contributed by atoms with Crippen molar-refractivity contribution in [1.82, 2.24) is 10.6 Å². The van der Waals surface area contributed by atoms with E-state index < -0.39 is 0 Å². The van der Waals surface area contributed by atoms with E-state index in [0.29, 0.717) is 0 Å². The lowest BCUT2D eigenvalue weighted by Gasteiger charge is -2.05. The molecule has 0 bridgehead atoms. The molecule has 0 saturated heterocycles. The van der Waals surface area contributed by atoms with Crippen LogP contribution in [-0.4, -0.2) is 26.7 Å². The maximum atomic E-state index is 3.47. The molecule has 0 heterocycles. The van der Waals surface area contributed by atoms with E-state index in [9.17, 15) is 0 Å². The van der Waals surface area contributed by atoms with Crippen LogP contribution in [0.3, 0.4) is 0 Å². The van der Waals surface area contributed by atoms with Crippen LogP contribution >= 0.6 is 0 Å².